The molecule has 1 unspecified atom stereocenters. The van der Waals surface area contributed by atoms with Crippen molar-refractivity contribution in [2.24, 2.45) is 5.92 Å². The van der Waals surface area contributed by atoms with E-state index in [0.29, 0.717) is 11.6 Å². The number of benzene rings is 1. The smallest absolute Gasteiger partial charge is 0.292 e. The fourth-order valence-electron chi connectivity index (χ4n) is 2.17. The van der Waals surface area contributed by atoms with Crippen molar-refractivity contribution < 1.29 is 9.66 Å². The Bertz CT molecular complexity index is 428. The molecule has 1 heterocycles. The average Bonchev–Trinajstić information content (AvgIpc) is 2.82. The van der Waals surface area contributed by atoms with Crippen molar-refractivity contribution in [3.8, 4) is 0 Å². The number of anilines is 1. The molecule has 0 saturated carbocycles. The summed E-state index contributed by atoms with van der Waals surface area (Å²) in [7, 11) is 0. The molecule has 1 N–H and O–H groups in total. The molecule has 2 rings (SSSR count). The Morgan fingerprint density at radius 2 is 2.39 bits per heavy atom. The minimum Gasteiger partial charge on any atom is -0.381 e. The summed E-state index contributed by atoms with van der Waals surface area (Å²) in [5, 5.41) is 14.1. The number of rotatable bonds is 5. The topological polar surface area (TPSA) is 64.4 Å². The summed E-state index contributed by atoms with van der Waals surface area (Å²) in [6, 6.07) is 5.13. The second-order valence-electron chi connectivity index (χ2n) is 4.72. The largest absolute Gasteiger partial charge is 0.381 e. The molecule has 1 aliphatic heterocycles. The van der Waals surface area contributed by atoms with Gasteiger partial charge in [-0.2, -0.15) is 0 Å². The molecule has 0 spiro atoms. The van der Waals surface area contributed by atoms with Crippen LogP contribution < -0.4 is 5.32 Å². The number of nitro benzene ring substituents is 1. The molecule has 1 fully saturated rings. The third-order valence-electron chi connectivity index (χ3n) is 3.24. The summed E-state index contributed by atoms with van der Waals surface area (Å²) in [5.41, 5.74) is 1.77. The van der Waals surface area contributed by atoms with E-state index in [1.807, 2.05) is 13.0 Å². The first-order valence-electron chi connectivity index (χ1n) is 6.23. The maximum Gasteiger partial charge on any atom is 0.292 e. The Morgan fingerprint density at radius 1 is 1.56 bits per heavy atom. The number of hydrogen-bond donors (Lipinski definition) is 1. The minimum absolute atomic E-state index is 0.142. The Balaban J connectivity index is 1.94. The van der Waals surface area contributed by atoms with Crippen LogP contribution in [0, 0.1) is 23.0 Å². The summed E-state index contributed by atoms with van der Waals surface area (Å²) in [6.07, 6.45) is 2.09. The third kappa shape index (κ3) is 3.20. The number of hydrogen-bond acceptors (Lipinski definition) is 4. The van der Waals surface area contributed by atoms with Crippen LogP contribution in [0.3, 0.4) is 0 Å². The summed E-state index contributed by atoms with van der Waals surface area (Å²) in [6.45, 7) is 4.34. The van der Waals surface area contributed by atoms with E-state index in [2.05, 4.69) is 5.32 Å². The SMILES string of the molecule is Cc1ccc([N+](=O)[O-])c(NCCC2CCOC2)c1. The Morgan fingerprint density at radius 3 is 3.06 bits per heavy atom. The predicted octanol–water partition coefficient (Wildman–Crippen LogP) is 2.74. The Labute approximate surface area is 106 Å². The van der Waals surface area contributed by atoms with Crippen LogP contribution in [-0.4, -0.2) is 24.7 Å². The molecular formula is C13H18N2O3. The van der Waals surface area contributed by atoms with Crippen molar-refractivity contribution in [1.29, 1.82) is 0 Å². The molecule has 5 nitrogen and oxygen atoms in total. The molecule has 5 heteroatoms. The lowest BCUT2D eigenvalue weighted by atomic mass is 10.1. The van der Waals surface area contributed by atoms with E-state index in [1.165, 1.54) is 0 Å². The van der Waals surface area contributed by atoms with Gasteiger partial charge in [0.1, 0.15) is 5.69 Å². The van der Waals surface area contributed by atoms with Gasteiger partial charge in [0.2, 0.25) is 0 Å². The van der Waals surface area contributed by atoms with Crippen molar-refractivity contribution in [3.63, 3.8) is 0 Å². The van der Waals surface area contributed by atoms with E-state index in [-0.39, 0.29) is 10.6 Å². The van der Waals surface area contributed by atoms with Crippen LogP contribution in [0.15, 0.2) is 18.2 Å². The van der Waals surface area contributed by atoms with Crippen LogP contribution >= 0.6 is 0 Å². The maximum atomic E-state index is 10.9. The van der Waals surface area contributed by atoms with Gasteiger partial charge in [-0.05, 0) is 37.3 Å². The molecule has 0 bridgehead atoms. The molecule has 98 valence electrons. The zero-order valence-electron chi connectivity index (χ0n) is 10.5. The van der Waals surface area contributed by atoms with E-state index in [0.717, 1.165) is 38.2 Å². The van der Waals surface area contributed by atoms with Crippen molar-refractivity contribution >= 4 is 11.4 Å². The highest BCUT2D eigenvalue weighted by Crippen LogP contribution is 2.25. The molecule has 18 heavy (non-hydrogen) atoms. The number of aryl methyl sites for hydroxylation is 1. The van der Waals surface area contributed by atoms with Gasteiger partial charge in [0, 0.05) is 25.8 Å². The van der Waals surface area contributed by atoms with Crippen molar-refractivity contribution in [1.82, 2.24) is 0 Å². The molecule has 0 amide bonds. The molecule has 0 aromatic heterocycles. The van der Waals surface area contributed by atoms with Crippen molar-refractivity contribution in [2.45, 2.75) is 19.8 Å². The second-order valence-corrected chi connectivity index (χ2v) is 4.72. The highest BCUT2D eigenvalue weighted by molar-refractivity contribution is 5.62. The van der Waals surface area contributed by atoms with Gasteiger partial charge in [0.25, 0.3) is 5.69 Å². The summed E-state index contributed by atoms with van der Waals surface area (Å²) in [4.78, 5) is 10.6. The molecule has 1 aromatic rings. The lowest BCUT2D eigenvalue weighted by Gasteiger charge is -2.10. The van der Waals surface area contributed by atoms with Crippen LogP contribution in [0.5, 0.6) is 0 Å². The van der Waals surface area contributed by atoms with Gasteiger partial charge in [-0.25, -0.2) is 0 Å². The summed E-state index contributed by atoms with van der Waals surface area (Å²) < 4.78 is 5.30. The highest BCUT2D eigenvalue weighted by Gasteiger charge is 2.16. The minimum atomic E-state index is -0.347. The number of ether oxygens (including phenoxy) is 1. The van der Waals surface area contributed by atoms with Crippen LogP contribution in [0.1, 0.15) is 18.4 Å². The molecular weight excluding hydrogens is 232 g/mol. The molecule has 0 radical (unpaired) electrons. The van der Waals surface area contributed by atoms with Gasteiger partial charge < -0.3 is 10.1 Å². The van der Waals surface area contributed by atoms with Gasteiger partial charge in [-0.15, -0.1) is 0 Å². The van der Waals surface area contributed by atoms with E-state index in [9.17, 15) is 10.1 Å². The number of nitro groups is 1. The Hall–Kier alpha value is -1.62. The van der Waals surface area contributed by atoms with Gasteiger partial charge in [0.05, 0.1) is 4.92 Å². The van der Waals surface area contributed by atoms with Gasteiger partial charge >= 0.3 is 0 Å². The van der Waals surface area contributed by atoms with E-state index < -0.39 is 0 Å². The Kier molecular flexibility index (Phi) is 4.15. The predicted molar refractivity (Wildman–Crippen MR) is 69.9 cm³/mol. The monoisotopic (exact) mass is 250 g/mol. The van der Waals surface area contributed by atoms with Gasteiger partial charge in [-0.3, -0.25) is 10.1 Å². The fraction of sp³-hybridized carbons (Fsp3) is 0.538. The van der Waals surface area contributed by atoms with Crippen molar-refractivity contribution in [2.75, 3.05) is 25.1 Å². The molecule has 1 atom stereocenters. The fourth-order valence-corrected chi connectivity index (χ4v) is 2.17. The highest BCUT2D eigenvalue weighted by atomic mass is 16.6. The van der Waals surface area contributed by atoms with Crippen LogP contribution in [-0.2, 0) is 4.74 Å². The summed E-state index contributed by atoms with van der Waals surface area (Å²) >= 11 is 0. The first-order valence-corrected chi connectivity index (χ1v) is 6.23. The summed E-state index contributed by atoms with van der Waals surface area (Å²) in [5.74, 6) is 0.585. The standard InChI is InChI=1S/C13H18N2O3/c1-10-2-3-13(15(16)17)12(8-10)14-6-4-11-5-7-18-9-11/h2-3,8,11,14H,4-7,9H2,1H3. The average molecular weight is 250 g/mol. The molecule has 1 aromatic carbocycles. The van der Waals surface area contributed by atoms with Gasteiger partial charge in [0.15, 0.2) is 0 Å². The lowest BCUT2D eigenvalue weighted by Crippen LogP contribution is -2.10. The van der Waals surface area contributed by atoms with Crippen LogP contribution in [0.2, 0.25) is 0 Å². The second kappa shape index (κ2) is 5.82. The van der Waals surface area contributed by atoms with E-state index >= 15 is 0 Å². The van der Waals surface area contributed by atoms with E-state index in [1.54, 1.807) is 12.1 Å². The third-order valence-corrected chi connectivity index (χ3v) is 3.24. The number of nitrogens with zero attached hydrogens (tertiary/aromatic N) is 1. The maximum absolute atomic E-state index is 10.9. The normalized spacial score (nSPS) is 18.8. The zero-order valence-corrected chi connectivity index (χ0v) is 10.5. The molecule has 1 aliphatic rings. The first-order chi connectivity index (χ1) is 8.66. The molecule has 0 aliphatic carbocycles. The van der Waals surface area contributed by atoms with Gasteiger partial charge in [-0.1, -0.05) is 6.07 Å². The quantitative estimate of drug-likeness (QED) is 0.644. The van der Waals surface area contributed by atoms with E-state index in [4.69, 9.17) is 4.74 Å². The number of nitrogens with one attached hydrogen (secondary N) is 1. The zero-order chi connectivity index (χ0) is 13.0. The van der Waals surface area contributed by atoms with Crippen LogP contribution in [0.4, 0.5) is 11.4 Å². The first kappa shape index (κ1) is 12.8. The van der Waals surface area contributed by atoms with Crippen LogP contribution in [0.25, 0.3) is 0 Å². The molecule has 1 saturated heterocycles. The van der Waals surface area contributed by atoms with Crippen molar-refractivity contribution in [3.05, 3.63) is 33.9 Å². The lowest BCUT2D eigenvalue weighted by molar-refractivity contribution is -0.384.